The molecule has 0 bridgehead atoms. The maximum absolute atomic E-state index is 11.2. The number of carbonyl (C=O) groups excluding carboxylic acids is 1. The van der Waals surface area contributed by atoms with Gasteiger partial charge in [0.2, 0.25) is 5.91 Å². The highest BCUT2D eigenvalue weighted by atomic mass is 35.5. The minimum Gasteiger partial charge on any atom is -0.356 e. The summed E-state index contributed by atoms with van der Waals surface area (Å²) in [4.78, 5) is 11.2. The highest BCUT2D eigenvalue weighted by Gasteiger charge is 2.02. The molecule has 0 spiro atoms. The second-order valence-corrected chi connectivity index (χ2v) is 4.78. The lowest BCUT2D eigenvalue weighted by molar-refractivity contribution is -0.120. The summed E-state index contributed by atoms with van der Waals surface area (Å²) in [5.74, 6) is 0.0783. The van der Waals surface area contributed by atoms with Gasteiger partial charge in [0.05, 0.1) is 0 Å². The molecular formula is C13H18Cl2N2O. The first-order valence-electron chi connectivity index (χ1n) is 6.04. The van der Waals surface area contributed by atoms with Crippen LogP contribution in [-0.2, 0) is 11.2 Å². The summed E-state index contributed by atoms with van der Waals surface area (Å²) in [6.07, 6.45) is 1.33. The SMILES string of the molecule is CCNC(=O)CCNCCc1ccc(Cl)cc1Cl. The molecule has 0 atom stereocenters. The van der Waals surface area contributed by atoms with Crippen LogP contribution in [-0.4, -0.2) is 25.5 Å². The number of amides is 1. The van der Waals surface area contributed by atoms with Crippen LogP contribution in [0.2, 0.25) is 10.0 Å². The molecule has 100 valence electrons. The molecule has 1 rings (SSSR count). The number of carbonyl (C=O) groups is 1. The van der Waals surface area contributed by atoms with Crippen molar-refractivity contribution in [1.82, 2.24) is 10.6 Å². The Morgan fingerprint density at radius 1 is 1.28 bits per heavy atom. The molecule has 0 unspecified atom stereocenters. The van der Waals surface area contributed by atoms with Crippen LogP contribution < -0.4 is 10.6 Å². The number of rotatable bonds is 7. The Hall–Kier alpha value is -0.770. The number of halogens is 2. The first-order chi connectivity index (χ1) is 8.63. The molecule has 5 heteroatoms. The molecule has 1 aromatic rings. The largest absolute Gasteiger partial charge is 0.356 e. The zero-order valence-electron chi connectivity index (χ0n) is 10.4. The Balaban J connectivity index is 2.20. The van der Waals surface area contributed by atoms with Gasteiger partial charge >= 0.3 is 0 Å². The van der Waals surface area contributed by atoms with Gasteiger partial charge in [-0.2, -0.15) is 0 Å². The standard InChI is InChI=1S/C13H18Cl2N2O/c1-2-17-13(18)6-8-16-7-5-10-3-4-11(14)9-12(10)15/h3-4,9,16H,2,5-8H2,1H3,(H,17,18). The fraction of sp³-hybridized carbons (Fsp3) is 0.462. The molecule has 0 aromatic heterocycles. The van der Waals surface area contributed by atoms with Gasteiger partial charge in [0.25, 0.3) is 0 Å². The molecule has 0 fully saturated rings. The fourth-order valence-electron chi connectivity index (χ4n) is 1.56. The third kappa shape index (κ3) is 5.71. The number of benzene rings is 1. The molecule has 0 saturated heterocycles. The summed E-state index contributed by atoms with van der Waals surface area (Å²) >= 11 is 11.9. The average Bonchev–Trinajstić information content (AvgIpc) is 2.31. The molecular weight excluding hydrogens is 271 g/mol. The van der Waals surface area contributed by atoms with Gasteiger partial charge in [0.1, 0.15) is 0 Å². The van der Waals surface area contributed by atoms with Gasteiger partial charge in [-0.3, -0.25) is 4.79 Å². The van der Waals surface area contributed by atoms with Crippen molar-refractivity contribution < 1.29 is 4.79 Å². The van der Waals surface area contributed by atoms with Crippen LogP contribution in [0, 0.1) is 0 Å². The highest BCUT2D eigenvalue weighted by Crippen LogP contribution is 2.20. The van der Waals surface area contributed by atoms with Crippen molar-refractivity contribution >= 4 is 29.1 Å². The topological polar surface area (TPSA) is 41.1 Å². The molecule has 2 N–H and O–H groups in total. The zero-order valence-corrected chi connectivity index (χ0v) is 11.9. The van der Waals surface area contributed by atoms with E-state index in [1.54, 1.807) is 6.07 Å². The van der Waals surface area contributed by atoms with E-state index in [-0.39, 0.29) is 5.91 Å². The summed E-state index contributed by atoms with van der Waals surface area (Å²) in [6, 6.07) is 5.50. The first-order valence-corrected chi connectivity index (χ1v) is 6.80. The fourth-order valence-corrected chi connectivity index (χ4v) is 2.06. The smallest absolute Gasteiger partial charge is 0.221 e. The summed E-state index contributed by atoms with van der Waals surface area (Å²) in [5, 5.41) is 7.30. The number of hydrogen-bond acceptors (Lipinski definition) is 2. The van der Waals surface area contributed by atoms with Crippen LogP contribution in [0.3, 0.4) is 0 Å². The minimum atomic E-state index is 0.0783. The van der Waals surface area contributed by atoms with Gasteiger partial charge in [-0.25, -0.2) is 0 Å². The molecule has 0 heterocycles. The molecule has 18 heavy (non-hydrogen) atoms. The molecule has 0 aliphatic heterocycles. The summed E-state index contributed by atoms with van der Waals surface area (Å²) < 4.78 is 0. The highest BCUT2D eigenvalue weighted by molar-refractivity contribution is 6.35. The van der Waals surface area contributed by atoms with E-state index in [9.17, 15) is 4.79 Å². The van der Waals surface area contributed by atoms with E-state index in [0.29, 0.717) is 29.6 Å². The van der Waals surface area contributed by atoms with Crippen molar-refractivity contribution in [3.05, 3.63) is 33.8 Å². The molecule has 0 aliphatic rings. The summed E-state index contributed by atoms with van der Waals surface area (Å²) in [7, 11) is 0. The van der Waals surface area contributed by atoms with Crippen LogP contribution in [0.4, 0.5) is 0 Å². The lowest BCUT2D eigenvalue weighted by Gasteiger charge is -2.07. The van der Waals surface area contributed by atoms with Crippen LogP contribution in [0.15, 0.2) is 18.2 Å². The molecule has 0 radical (unpaired) electrons. The van der Waals surface area contributed by atoms with Crippen molar-refractivity contribution in [2.75, 3.05) is 19.6 Å². The van der Waals surface area contributed by atoms with Crippen molar-refractivity contribution in [2.45, 2.75) is 19.8 Å². The van der Waals surface area contributed by atoms with Crippen molar-refractivity contribution in [3.8, 4) is 0 Å². The molecule has 3 nitrogen and oxygen atoms in total. The number of hydrogen-bond donors (Lipinski definition) is 2. The van der Waals surface area contributed by atoms with Crippen molar-refractivity contribution in [2.24, 2.45) is 0 Å². The average molecular weight is 289 g/mol. The van der Waals surface area contributed by atoms with E-state index < -0.39 is 0 Å². The van der Waals surface area contributed by atoms with Gasteiger partial charge in [-0.15, -0.1) is 0 Å². The molecule has 0 saturated carbocycles. The molecule has 0 aliphatic carbocycles. The second kappa shape index (κ2) is 8.35. The minimum absolute atomic E-state index is 0.0783. The molecule has 1 amide bonds. The monoisotopic (exact) mass is 288 g/mol. The quantitative estimate of drug-likeness (QED) is 0.758. The van der Waals surface area contributed by atoms with Gasteiger partial charge in [-0.05, 0) is 37.6 Å². The summed E-state index contributed by atoms with van der Waals surface area (Å²) in [6.45, 7) is 4.06. The Kier molecular flexibility index (Phi) is 7.09. The Morgan fingerprint density at radius 3 is 2.72 bits per heavy atom. The van der Waals surface area contributed by atoms with Crippen LogP contribution in [0.1, 0.15) is 18.9 Å². The Morgan fingerprint density at radius 2 is 2.06 bits per heavy atom. The predicted octanol–water partition coefficient (Wildman–Crippen LogP) is 2.65. The summed E-state index contributed by atoms with van der Waals surface area (Å²) in [5.41, 5.74) is 1.06. The van der Waals surface area contributed by atoms with Gasteiger partial charge in [-0.1, -0.05) is 29.3 Å². The zero-order chi connectivity index (χ0) is 13.4. The van der Waals surface area contributed by atoms with E-state index in [2.05, 4.69) is 10.6 Å². The van der Waals surface area contributed by atoms with Gasteiger partial charge in [0.15, 0.2) is 0 Å². The van der Waals surface area contributed by atoms with Crippen LogP contribution >= 0.6 is 23.2 Å². The van der Waals surface area contributed by atoms with E-state index >= 15 is 0 Å². The Labute approximate surface area is 118 Å². The lowest BCUT2D eigenvalue weighted by Crippen LogP contribution is -2.28. The van der Waals surface area contributed by atoms with Crippen LogP contribution in [0.5, 0.6) is 0 Å². The third-order valence-corrected chi connectivity index (χ3v) is 3.08. The third-order valence-electron chi connectivity index (χ3n) is 2.49. The Bertz CT molecular complexity index is 397. The predicted molar refractivity (Wildman–Crippen MR) is 76.3 cm³/mol. The second-order valence-electron chi connectivity index (χ2n) is 3.94. The van der Waals surface area contributed by atoms with E-state index in [1.165, 1.54) is 0 Å². The van der Waals surface area contributed by atoms with Gasteiger partial charge in [0, 0.05) is 29.6 Å². The molecule has 1 aromatic carbocycles. The van der Waals surface area contributed by atoms with Gasteiger partial charge < -0.3 is 10.6 Å². The van der Waals surface area contributed by atoms with Crippen LogP contribution in [0.25, 0.3) is 0 Å². The lowest BCUT2D eigenvalue weighted by atomic mass is 10.1. The van der Waals surface area contributed by atoms with E-state index in [1.807, 2.05) is 19.1 Å². The van der Waals surface area contributed by atoms with E-state index in [0.717, 1.165) is 18.5 Å². The van der Waals surface area contributed by atoms with Crippen molar-refractivity contribution in [3.63, 3.8) is 0 Å². The normalized spacial score (nSPS) is 10.4. The maximum atomic E-state index is 11.2. The first kappa shape index (κ1) is 15.3. The van der Waals surface area contributed by atoms with E-state index in [4.69, 9.17) is 23.2 Å². The maximum Gasteiger partial charge on any atom is 0.221 e. The number of nitrogens with one attached hydrogen (secondary N) is 2. The van der Waals surface area contributed by atoms with Crippen molar-refractivity contribution in [1.29, 1.82) is 0 Å².